The van der Waals surface area contributed by atoms with Gasteiger partial charge >= 0.3 is 6.36 Å². The summed E-state index contributed by atoms with van der Waals surface area (Å²) >= 11 is 0. The summed E-state index contributed by atoms with van der Waals surface area (Å²) in [6.45, 7) is 0.672. The first kappa shape index (κ1) is 8.31. The van der Waals surface area contributed by atoms with Crippen LogP contribution in [0.15, 0.2) is 0 Å². The lowest BCUT2D eigenvalue weighted by molar-refractivity contribution is -0.346. The van der Waals surface area contributed by atoms with Gasteiger partial charge in [0.15, 0.2) is 0 Å². The maximum Gasteiger partial charge on any atom is 0.522 e. The van der Waals surface area contributed by atoms with E-state index < -0.39 is 12.5 Å². The first-order chi connectivity index (χ1) is 5.54. The number of rotatable bonds is 1. The van der Waals surface area contributed by atoms with Crippen molar-refractivity contribution >= 4 is 0 Å². The molecule has 0 aromatic rings. The van der Waals surface area contributed by atoms with E-state index in [4.69, 9.17) is 0 Å². The summed E-state index contributed by atoms with van der Waals surface area (Å²) in [5.41, 5.74) is 0. The average molecular weight is 181 g/mol. The van der Waals surface area contributed by atoms with Crippen LogP contribution >= 0.6 is 0 Å². The third kappa shape index (κ3) is 1.56. The second-order valence-corrected chi connectivity index (χ2v) is 3.44. The minimum Gasteiger partial charge on any atom is -0.313 e. The van der Waals surface area contributed by atoms with Gasteiger partial charge in [-0.2, -0.15) is 0 Å². The van der Waals surface area contributed by atoms with E-state index in [1.165, 1.54) is 0 Å². The maximum absolute atomic E-state index is 11.8. The molecule has 1 saturated heterocycles. The van der Waals surface area contributed by atoms with E-state index >= 15 is 0 Å². The minimum absolute atomic E-state index is 0.0663. The highest BCUT2D eigenvalue weighted by Gasteiger charge is 2.45. The molecular formula is C7H10F3NO. The van der Waals surface area contributed by atoms with Crippen LogP contribution in [-0.4, -0.2) is 25.1 Å². The Morgan fingerprint density at radius 2 is 2.00 bits per heavy atom. The summed E-state index contributed by atoms with van der Waals surface area (Å²) in [6.07, 6.45) is -3.73. The molecule has 0 radical (unpaired) electrons. The highest BCUT2D eigenvalue weighted by molar-refractivity contribution is 4.96. The van der Waals surface area contributed by atoms with E-state index in [9.17, 15) is 13.2 Å². The molecule has 3 unspecified atom stereocenters. The molecule has 3 atom stereocenters. The van der Waals surface area contributed by atoms with Crippen LogP contribution < -0.4 is 5.32 Å². The van der Waals surface area contributed by atoms with Gasteiger partial charge in [-0.3, -0.25) is 4.74 Å². The molecule has 0 amide bonds. The molecule has 2 fully saturated rings. The van der Waals surface area contributed by atoms with Crippen molar-refractivity contribution in [3.05, 3.63) is 0 Å². The molecule has 2 rings (SSSR count). The number of halogens is 3. The summed E-state index contributed by atoms with van der Waals surface area (Å²) in [7, 11) is 0. The normalized spacial score (nSPS) is 40.8. The summed E-state index contributed by atoms with van der Waals surface area (Å²) in [5, 5.41) is 3.12. The SMILES string of the molecule is FC(F)(F)OC1CC2CC1CN2. The molecule has 0 spiro atoms. The van der Waals surface area contributed by atoms with E-state index in [-0.39, 0.29) is 12.0 Å². The van der Waals surface area contributed by atoms with Crippen LogP contribution in [0.1, 0.15) is 12.8 Å². The van der Waals surface area contributed by atoms with Gasteiger partial charge in [0.25, 0.3) is 0 Å². The Morgan fingerprint density at radius 3 is 2.42 bits per heavy atom. The largest absolute Gasteiger partial charge is 0.522 e. The van der Waals surface area contributed by atoms with Gasteiger partial charge in [0.1, 0.15) is 0 Å². The number of hydrogen-bond acceptors (Lipinski definition) is 2. The van der Waals surface area contributed by atoms with E-state index in [0.29, 0.717) is 13.0 Å². The summed E-state index contributed by atoms with van der Waals surface area (Å²) in [5.74, 6) is 0.0663. The van der Waals surface area contributed by atoms with Crippen molar-refractivity contribution in [1.82, 2.24) is 5.32 Å². The number of ether oxygens (including phenoxy) is 1. The standard InChI is InChI=1S/C7H10F3NO/c8-7(9,10)12-6-2-5-1-4(6)3-11-5/h4-6,11H,1-3H2. The zero-order valence-corrected chi connectivity index (χ0v) is 6.40. The lowest BCUT2D eigenvalue weighted by Crippen LogP contribution is -2.37. The van der Waals surface area contributed by atoms with Crippen molar-refractivity contribution in [3.8, 4) is 0 Å². The Balaban J connectivity index is 1.91. The molecule has 0 aromatic heterocycles. The van der Waals surface area contributed by atoms with Gasteiger partial charge in [-0.1, -0.05) is 0 Å². The van der Waals surface area contributed by atoms with Crippen molar-refractivity contribution in [3.63, 3.8) is 0 Å². The molecular weight excluding hydrogens is 171 g/mol. The molecule has 2 nitrogen and oxygen atoms in total. The zero-order chi connectivity index (χ0) is 8.77. The van der Waals surface area contributed by atoms with Crippen LogP contribution in [0.25, 0.3) is 0 Å². The molecule has 0 aromatic carbocycles. The van der Waals surface area contributed by atoms with Crippen LogP contribution in [0.4, 0.5) is 13.2 Å². The molecule has 70 valence electrons. The second-order valence-electron chi connectivity index (χ2n) is 3.44. The number of fused-ring (bicyclic) bond motifs is 2. The van der Waals surface area contributed by atoms with Gasteiger partial charge in [0.05, 0.1) is 6.10 Å². The monoisotopic (exact) mass is 181 g/mol. The smallest absolute Gasteiger partial charge is 0.313 e. The second kappa shape index (κ2) is 2.60. The fourth-order valence-electron chi connectivity index (χ4n) is 2.10. The third-order valence-electron chi connectivity index (χ3n) is 2.58. The molecule has 1 aliphatic carbocycles. The fraction of sp³-hybridized carbons (Fsp3) is 1.00. The van der Waals surface area contributed by atoms with Gasteiger partial charge in [0.2, 0.25) is 0 Å². The van der Waals surface area contributed by atoms with Crippen LogP contribution in [0.5, 0.6) is 0 Å². The van der Waals surface area contributed by atoms with Crippen molar-refractivity contribution < 1.29 is 17.9 Å². The van der Waals surface area contributed by atoms with Crippen molar-refractivity contribution in [2.45, 2.75) is 31.3 Å². The Labute approximate surface area is 68.1 Å². The molecule has 1 heterocycles. The van der Waals surface area contributed by atoms with Gasteiger partial charge in [-0.25, -0.2) is 0 Å². The summed E-state index contributed by atoms with van der Waals surface area (Å²) in [4.78, 5) is 0. The van der Waals surface area contributed by atoms with E-state index in [1.54, 1.807) is 0 Å². The van der Waals surface area contributed by atoms with E-state index in [1.807, 2.05) is 0 Å². The number of alkyl halides is 3. The summed E-state index contributed by atoms with van der Waals surface area (Å²) < 4.78 is 39.4. The lowest BCUT2D eigenvalue weighted by Gasteiger charge is -2.23. The molecule has 2 bridgehead atoms. The van der Waals surface area contributed by atoms with Crippen LogP contribution in [0, 0.1) is 5.92 Å². The van der Waals surface area contributed by atoms with Crippen molar-refractivity contribution in [2.24, 2.45) is 5.92 Å². The zero-order valence-electron chi connectivity index (χ0n) is 6.40. The quantitative estimate of drug-likeness (QED) is 0.657. The summed E-state index contributed by atoms with van der Waals surface area (Å²) in [6, 6.07) is 0.252. The molecule has 12 heavy (non-hydrogen) atoms. The highest BCUT2D eigenvalue weighted by atomic mass is 19.4. The molecule has 2 aliphatic rings. The third-order valence-corrected chi connectivity index (χ3v) is 2.58. The van der Waals surface area contributed by atoms with E-state index in [0.717, 1.165) is 6.42 Å². The van der Waals surface area contributed by atoms with Gasteiger partial charge in [-0.15, -0.1) is 13.2 Å². The molecule has 1 saturated carbocycles. The van der Waals surface area contributed by atoms with Crippen molar-refractivity contribution in [2.75, 3.05) is 6.54 Å². The molecule has 1 aliphatic heterocycles. The lowest BCUT2D eigenvalue weighted by atomic mass is 10.1. The highest BCUT2D eigenvalue weighted by Crippen LogP contribution is 2.36. The minimum atomic E-state index is -4.46. The van der Waals surface area contributed by atoms with Crippen molar-refractivity contribution in [1.29, 1.82) is 0 Å². The average Bonchev–Trinajstić information content (AvgIpc) is 2.42. The van der Waals surface area contributed by atoms with Crippen LogP contribution in [0.3, 0.4) is 0 Å². The number of nitrogens with one attached hydrogen (secondary N) is 1. The Morgan fingerprint density at radius 1 is 1.25 bits per heavy atom. The molecule has 5 heteroatoms. The first-order valence-corrected chi connectivity index (χ1v) is 4.02. The topological polar surface area (TPSA) is 21.3 Å². The van der Waals surface area contributed by atoms with Crippen LogP contribution in [-0.2, 0) is 4.74 Å². The maximum atomic E-state index is 11.8. The molecule has 1 N–H and O–H groups in total. The number of hydrogen-bond donors (Lipinski definition) is 1. The predicted octanol–water partition coefficient (Wildman–Crippen LogP) is 1.27. The van der Waals surface area contributed by atoms with Gasteiger partial charge in [-0.05, 0) is 18.8 Å². The Bertz CT molecular complexity index is 182. The van der Waals surface area contributed by atoms with Crippen LogP contribution in [0.2, 0.25) is 0 Å². The van der Waals surface area contributed by atoms with E-state index in [2.05, 4.69) is 10.1 Å². The Hall–Kier alpha value is -0.290. The Kier molecular flexibility index (Phi) is 1.80. The van der Waals surface area contributed by atoms with Gasteiger partial charge in [0, 0.05) is 12.6 Å². The first-order valence-electron chi connectivity index (χ1n) is 4.02. The van der Waals surface area contributed by atoms with Gasteiger partial charge < -0.3 is 5.32 Å². The number of piperidine rings is 1. The fourth-order valence-corrected chi connectivity index (χ4v) is 2.10. The predicted molar refractivity (Wildman–Crippen MR) is 35.4 cm³/mol.